The molecular formula is C15H16F2N2O3. The number of amides is 2. The molecular weight excluding hydrogens is 294 g/mol. The van der Waals surface area contributed by atoms with Gasteiger partial charge in [0.15, 0.2) is 0 Å². The Morgan fingerprint density at radius 1 is 1.27 bits per heavy atom. The zero-order valence-electron chi connectivity index (χ0n) is 12.4. The largest absolute Gasteiger partial charge is 0.459 e. The summed E-state index contributed by atoms with van der Waals surface area (Å²) in [5, 5.41) is 4.77. The van der Waals surface area contributed by atoms with Gasteiger partial charge in [0.25, 0.3) is 0 Å². The Hall–Kier alpha value is -2.44. The number of ether oxygens (including phenoxy) is 1. The lowest BCUT2D eigenvalue weighted by Gasteiger charge is -2.29. The van der Waals surface area contributed by atoms with Crippen molar-refractivity contribution in [2.24, 2.45) is 0 Å². The maximum Gasteiger partial charge on any atom is 0.338 e. The Morgan fingerprint density at radius 2 is 1.86 bits per heavy atom. The van der Waals surface area contributed by atoms with Crippen LogP contribution in [0.3, 0.4) is 0 Å². The Bertz CT molecular complexity index is 636. The molecule has 1 aromatic carbocycles. The molecule has 1 atom stereocenters. The van der Waals surface area contributed by atoms with E-state index in [1.54, 1.807) is 13.8 Å². The number of urea groups is 1. The van der Waals surface area contributed by atoms with Crippen LogP contribution in [0.1, 0.15) is 32.4 Å². The minimum absolute atomic E-state index is 0.0303. The summed E-state index contributed by atoms with van der Waals surface area (Å²) < 4.78 is 33.1. The van der Waals surface area contributed by atoms with E-state index >= 15 is 0 Å². The summed E-state index contributed by atoms with van der Waals surface area (Å²) in [6, 6.07) is 1.44. The fraction of sp³-hybridized carbons (Fsp3) is 0.333. The standard InChI is InChI=1S/C15H16F2N2O3/c1-7(2)22-14(20)11-8(3)18-15(21)19-13(11)12-9(16)5-4-6-10(12)17/h4-7,13H,1-3H3,(H2,18,19,21). The molecule has 2 rings (SSSR count). The summed E-state index contributed by atoms with van der Waals surface area (Å²) in [5.41, 5.74) is -0.230. The summed E-state index contributed by atoms with van der Waals surface area (Å²) in [6.45, 7) is 4.78. The average Bonchev–Trinajstić information content (AvgIpc) is 2.36. The van der Waals surface area contributed by atoms with Crippen LogP contribution in [0.15, 0.2) is 29.5 Å². The van der Waals surface area contributed by atoms with E-state index in [0.29, 0.717) is 0 Å². The Balaban J connectivity index is 2.53. The lowest BCUT2D eigenvalue weighted by Crippen LogP contribution is -2.46. The van der Waals surface area contributed by atoms with Gasteiger partial charge in [-0.25, -0.2) is 18.4 Å². The second kappa shape index (κ2) is 6.13. The maximum atomic E-state index is 14.0. The number of carbonyl (C=O) groups excluding carboxylic acids is 2. The molecule has 0 aliphatic carbocycles. The molecule has 0 radical (unpaired) electrons. The van der Waals surface area contributed by atoms with E-state index in [1.807, 2.05) is 0 Å². The molecule has 0 spiro atoms. The molecule has 22 heavy (non-hydrogen) atoms. The van der Waals surface area contributed by atoms with Crippen molar-refractivity contribution in [1.82, 2.24) is 10.6 Å². The number of carbonyl (C=O) groups is 2. The molecule has 1 aliphatic rings. The van der Waals surface area contributed by atoms with Crippen LogP contribution in [0, 0.1) is 11.6 Å². The SMILES string of the molecule is CC1=C(C(=O)OC(C)C)C(c2c(F)cccc2F)NC(=O)N1. The second-order valence-corrected chi connectivity index (χ2v) is 5.16. The van der Waals surface area contributed by atoms with Gasteiger partial charge >= 0.3 is 12.0 Å². The number of nitrogens with one attached hydrogen (secondary N) is 2. The molecule has 2 N–H and O–H groups in total. The van der Waals surface area contributed by atoms with Gasteiger partial charge in [0, 0.05) is 5.70 Å². The summed E-state index contributed by atoms with van der Waals surface area (Å²) in [6.07, 6.45) is -0.406. The van der Waals surface area contributed by atoms with Crippen molar-refractivity contribution < 1.29 is 23.1 Å². The van der Waals surface area contributed by atoms with Crippen LogP contribution < -0.4 is 10.6 Å². The highest BCUT2D eigenvalue weighted by Gasteiger charge is 2.35. The van der Waals surface area contributed by atoms with E-state index in [4.69, 9.17) is 4.74 Å². The van der Waals surface area contributed by atoms with E-state index < -0.39 is 41.3 Å². The van der Waals surface area contributed by atoms with Gasteiger partial charge in [0.05, 0.1) is 23.3 Å². The Morgan fingerprint density at radius 3 is 2.41 bits per heavy atom. The maximum absolute atomic E-state index is 14.0. The fourth-order valence-corrected chi connectivity index (χ4v) is 2.24. The Kier molecular flexibility index (Phi) is 4.44. The van der Waals surface area contributed by atoms with E-state index in [0.717, 1.165) is 12.1 Å². The van der Waals surface area contributed by atoms with Crippen molar-refractivity contribution in [3.63, 3.8) is 0 Å². The number of esters is 1. The molecule has 1 aromatic rings. The van der Waals surface area contributed by atoms with Crippen LogP contribution in [0.5, 0.6) is 0 Å². The van der Waals surface area contributed by atoms with Gasteiger partial charge in [-0.1, -0.05) is 6.07 Å². The van der Waals surface area contributed by atoms with Gasteiger partial charge in [0.1, 0.15) is 11.6 Å². The molecule has 1 unspecified atom stereocenters. The first-order valence-electron chi connectivity index (χ1n) is 6.74. The minimum atomic E-state index is -1.25. The van der Waals surface area contributed by atoms with Crippen LogP contribution >= 0.6 is 0 Å². The number of halogens is 2. The topological polar surface area (TPSA) is 67.4 Å². The zero-order valence-corrected chi connectivity index (χ0v) is 12.4. The van der Waals surface area contributed by atoms with Gasteiger partial charge in [-0.2, -0.15) is 0 Å². The van der Waals surface area contributed by atoms with Crippen LogP contribution in [-0.2, 0) is 9.53 Å². The molecule has 118 valence electrons. The molecule has 1 heterocycles. The van der Waals surface area contributed by atoms with Crippen molar-refractivity contribution >= 4 is 12.0 Å². The average molecular weight is 310 g/mol. The van der Waals surface area contributed by atoms with Gasteiger partial charge in [-0.05, 0) is 32.9 Å². The predicted molar refractivity (Wildman–Crippen MR) is 74.7 cm³/mol. The van der Waals surface area contributed by atoms with E-state index in [1.165, 1.54) is 13.0 Å². The zero-order chi connectivity index (χ0) is 16.4. The lowest BCUT2D eigenvalue weighted by molar-refractivity contribution is -0.143. The van der Waals surface area contributed by atoms with Gasteiger partial charge in [-0.15, -0.1) is 0 Å². The fourth-order valence-electron chi connectivity index (χ4n) is 2.24. The second-order valence-electron chi connectivity index (χ2n) is 5.16. The van der Waals surface area contributed by atoms with E-state index in [-0.39, 0.29) is 11.3 Å². The number of hydrogen-bond donors (Lipinski definition) is 2. The number of rotatable bonds is 3. The molecule has 2 amide bonds. The van der Waals surface area contributed by atoms with Crippen LogP contribution in [-0.4, -0.2) is 18.1 Å². The van der Waals surface area contributed by atoms with Crippen LogP contribution in [0.4, 0.5) is 13.6 Å². The summed E-state index contributed by atoms with van der Waals surface area (Å²) in [5.74, 6) is -2.45. The van der Waals surface area contributed by atoms with Crippen molar-refractivity contribution in [3.05, 3.63) is 46.7 Å². The Labute approximate surface area is 126 Å². The summed E-state index contributed by atoms with van der Waals surface area (Å²) in [4.78, 5) is 23.8. The molecule has 5 nitrogen and oxygen atoms in total. The third kappa shape index (κ3) is 3.08. The van der Waals surface area contributed by atoms with Crippen molar-refractivity contribution in [2.75, 3.05) is 0 Å². The highest BCUT2D eigenvalue weighted by Crippen LogP contribution is 2.31. The molecule has 0 saturated heterocycles. The van der Waals surface area contributed by atoms with Crippen LogP contribution in [0.2, 0.25) is 0 Å². The smallest absolute Gasteiger partial charge is 0.338 e. The van der Waals surface area contributed by atoms with E-state index in [2.05, 4.69) is 10.6 Å². The molecule has 7 heteroatoms. The van der Waals surface area contributed by atoms with Crippen molar-refractivity contribution in [2.45, 2.75) is 32.9 Å². The third-order valence-electron chi connectivity index (χ3n) is 3.12. The molecule has 1 aliphatic heterocycles. The normalized spacial score (nSPS) is 18.1. The third-order valence-corrected chi connectivity index (χ3v) is 3.12. The highest BCUT2D eigenvalue weighted by atomic mass is 19.1. The van der Waals surface area contributed by atoms with Gasteiger partial charge in [-0.3, -0.25) is 0 Å². The minimum Gasteiger partial charge on any atom is -0.459 e. The summed E-state index contributed by atoms with van der Waals surface area (Å²) in [7, 11) is 0. The number of allylic oxidation sites excluding steroid dienone is 1. The number of benzene rings is 1. The van der Waals surface area contributed by atoms with Gasteiger partial charge in [0.2, 0.25) is 0 Å². The molecule has 0 bridgehead atoms. The van der Waals surface area contributed by atoms with Crippen LogP contribution in [0.25, 0.3) is 0 Å². The molecule has 0 aromatic heterocycles. The monoisotopic (exact) mass is 310 g/mol. The first kappa shape index (κ1) is 15.9. The lowest BCUT2D eigenvalue weighted by atomic mass is 9.94. The summed E-state index contributed by atoms with van der Waals surface area (Å²) >= 11 is 0. The quantitative estimate of drug-likeness (QED) is 0.843. The molecule has 0 saturated carbocycles. The van der Waals surface area contributed by atoms with Crippen molar-refractivity contribution in [3.8, 4) is 0 Å². The molecule has 0 fully saturated rings. The van der Waals surface area contributed by atoms with E-state index in [9.17, 15) is 18.4 Å². The predicted octanol–water partition coefficient (Wildman–Crippen LogP) is 2.54. The van der Waals surface area contributed by atoms with Crippen molar-refractivity contribution in [1.29, 1.82) is 0 Å². The first-order valence-corrected chi connectivity index (χ1v) is 6.74. The first-order chi connectivity index (χ1) is 10.3. The number of hydrogen-bond acceptors (Lipinski definition) is 3. The highest BCUT2D eigenvalue weighted by molar-refractivity contribution is 5.95. The van der Waals surface area contributed by atoms with Gasteiger partial charge < -0.3 is 15.4 Å².